The number of rotatable bonds is 4. The summed E-state index contributed by atoms with van der Waals surface area (Å²) in [6.45, 7) is 1.14. The summed E-state index contributed by atoms with van der Waals surface area (Å²) in [5, 5.41) is 7.20. The number of methoxy groups -OCH3 is 1. The summed E-state index contributed by atoms with van der Waals surface area (Å²) >= 11 is 0. The average molecular weight is 292 g/mol. The zero-order chi connectivity index (χ0) is 14.7. The number of benzene rings is 1. The maximum Gasteiger partial charge on any atom is 0.167 e. The van der Waals surface area contributed by atoms with Crippen LogP contribution in [0.4, 0.5) is 10.1 Å². The van der Waals surface area contributed by atoms with Crippen molar-refractivity contribution in [3.8, 4) is 5.75 Å². The van der Waals surface area contributed by atoms with Gasteiger partial charge in [0.2, 0.25) is 0 Å². The molecule has 3 nitrogen and oxygen atoms in total. The lowest BCUT2D eigenvalue weighted by Crippen LogP contribution is -2.43. The van der Waals surface area contributed by atoms with E-state index in [2.05, 4.69) is 10.6 Å². The van der Waals surface area contributed by atoms with E-state index >= 15 is 0 Å². The standard InChI is InChI=1S/C17H25FN2O/c1-21-17-9-8-12(11-14(17)18)20-16-6-3-2-5-13(16)15-7-4-10-19-15/h8-9,11,13,15-16,19-20H,2-7,10H2,1H3. The van der Waals surface area contributed by atoms with Crippen molar-refractivity contribution in [2.24, 2.45) is 5.92 Å². The minimum Gasteiger partial charge on any atom is -0.494 e. The highest BCUT2D eigenvalue weighted by Gasteiger charge is 2.33. The van der Waals surface area contributed by atoms with E-state index < -0.39 is 0 Å². The maximum absolute atomic E-state index is 13.8. The van der Waals surface area contributed by atoms with Crippen LogP contribution in [-0.4, -0.2) is 25.7 Å². The third-order valence-corrected chi connectivity index (χ3v) is 4.94. The van der Waals surface area contributed by atoms with E-state index in [1.54, 1.807) is 12.1 Å². The van der Waals surface area contributed by atoms with Crippen LogP contribution in [0.15, 0.2) is 18.2 Å². The molecule has 3 unspecified atom stereocenters. The number of anilines is 1. The van der Waals surface area contributed by atoms with Gasteiger partial charge in [-0.25, -0.2) is 4.39 Å². The molecule has 0 aromatic heterocycles. The number of halogens is 1. The molecule has 3 rings (SSSR count). The first-order valence-electron chi connectivity index (χ1n) is 8.11. The van der Waals surface area contributed by atoms with Crippen molar-refractivity contribution < 1.29 is 9.13 Å². The monoisotopic (exact) mass is 292 g/mol. The topological polar surface area (TPSA) is 33.3 Å². The minimum absolute atomic E-state index is 0.297. The van der Waals surface area contributed by atoms with Crippen LogP contribution in [-0.2, 0) is 0 Å². The number of hydrogen-bond donors (Lipinski definition) is 2. The van der Waals surface area contributed by atoms with Gasteiger partial charge in [0.15, 0.2) is 11.6 Å². The predicted octanol–water partition coefficient (Wildman–Crippen LogP) is 3.56. The second-order valence-corrected chi connectivity index (χ2v) is 6.25. The molecular formula is C17H25FN2O. The van der Waals surface area contributed by atoms with Gasteiger partial charge in [0.25, 0.3) is 0 Å². The molecule has 1 saturated carbocycles. The fraction of sp³-hybridized carbons (Fsp3) is 0.647. The van der Waals surface area contributed by atoms with Crippen molar-refractivity contribution in [2.75, 3.05) is 19.0 Å². The summed E-state index contributed by atoms with van der Waals surface area (Å²) in [4.78, 5) is 0. The molecule has 3 atom stereocenters. The Morgan fingerprint density at radius 1 is 1.19 bits per heavy atom. The van der Waals surface area contributed by atoms with Crippen molar-refractivity contribution in [3.63, 3.8) is 0 Å². The Morgan fingerprint density at radius 2 is 2.05 bits per heavy atom. The molecule has 4 heteroatoms. The third-order valence-electron chi connectivity index (χ3n) is 4.94. The van der Waals surface area contributed by atoms with Gasteiger partial charge in [-0.2, -0.15) is 0 Å². The summed E-state index contributed by atoms with van der Waals surface area (Å²) in [5.74, 6) is 0.665. The molecule has 1 heterocycles. The van der Waals surface area contributed by atoms with Crippen LogP contribution in [0, 0.1) is 11.7 Å². The normalized spacial score (nSPS) is 29.3. The third kappa shape index (κ3) is 3.31. The molecule has 116 valence electrons. The zero-order valence-corrected chi connectivity index (χ0v) is 12.7. The summed E-state index contributed by atoms with van der Waals surface area (Å²) in [5.41, 5.74) is 0.864. The van der Waals surface area contributed by atoms with Gasteiger partial charge in [0.05, 0.1) is 7.11 Å². The predicted molar refractivity (Wildman–Crippen MR) is 83.3 cm³/mol. The lowest BCUT2D eigenvalue weighted by Gasteiger charge is -2.36. The molecule has 0 radical (unpaired) electrons. The van der Waals surface area contributed by atoms with Gasteiger partial charge in [-0.3, -0.25) is 0 Å². The van der Waals surface area contributed by atoms with Crippen LogP contribution in [0.1, 0.15) is 38.5 Å². The molecule has 0 bridgehead atoms. The van der Waals surface area contributed by atoms with E-state index in [0.29, 0.717) is 23.8 Å². The van der Waals surface area contributed by atoms with Gasteiger partial charge in [-0.15, -0.1) is 0 Å². The molecule has 1 aliphatic carbocycles. The van der Waals surface area contributed by atoms with E-state index in [4.69, 9.17) is 4.74 Å². The quantitative estimate of drug-likeness (QED) is 0.890. The fourth-order valence-electron chi connectivity index (χ4n) is 3.87. The van der Waals surface area contributed by atoms with Gasteiger partial charge >= 0.3 is 0 Å². The van der Waals surface area contributed by atoms with Gasteiger partial charge in [-0.1, -0.05) is 12.8 Å². The molecular weight excluding hydrogens is 267 g/mol. The Morgan fingerprint density at radius 3 is 2.76 bits per heavy atom. The highest BCUT2D eigenvalue weighted by Crippen LogP contribution is 2.33. The Bertz CT molecular complexity index is 474. The van der Waals surface area contributed by atoms with Crippen molar-refractivity contribution in [1.29, 1.82) is 0 Å². The molecule has 1 aromatic rings. The van der Waals surface area contributed by atoms with E-state index in [0.717, 1.165) is 12.2 Å². The highest BCUT2D eigenvalue weighted by molar-refractivity contribution is 5.48. The second-order valence-electron chi connectivity index (χ2n) is 6.25. The van der Waals surface area contributed by atoms with Gasteiger partial charge in [-0.05, 0) is 50.3 Å². The van der Waals surface area contributed by atoms with Crippen molar-refractivity contribution in [1.82, 2.24) is 5.32 Å². The second kappa shape index (κ2) is 6.65. The first-order valence-corrected chi connectivity index (χ1v) is 8.11. The van der Waals surface area contributed by atoms with Crippen LogP contribution in [0.3, 0.4) is 0 Å². The van der Waals surface area contributed by atoms with Crippen LogP contribution in [0.5, 0.6) is 5.75 Å². The molecule has 1 aliphatic heterocycles. The van der Waals surface area contributed by atoms with Crippen LogP contribution in [0.25, 0.3) is 0 Å². The maximum atomic E-state index is 13.8. The first kappa shape index (κ1) is 14.6. The van der Waals surface area contributed by atoms with Gasteiger partial charge in [0, 0.05) is 23.8 Å². The lowest BCUT2D eigenvalue weighted by molar-refractivity contribution is 0.262. The molecule has 2 N–H and O–H groups in total. The van der Waals surface area contributed by atoms with Crippen molar-refractivity contribution in [3.05, 3.63) is 24.0 Å². The summed E-state index contributed by atoms with van der Waals surface area (Å²) in [6, 6.07) is 6.24. The molecule has 21 heavy (non-hydrogen) atoms. The zero-order valence-electron chi connectivity index (χ0n) is 12.7. The van der Waals surface area contributed by atoms with Crippen LogP contribution in [0.2, 0.25) is 0 Å². The van der Waals surface area contributed by atoms with Crippen LogP contribution >= 0.6 is 0 Å². The SMILES string of the molecule is COc1ccc(NC2CCCCC2C2CCCN2)cc1F. The van der Waals surface area contributed by atoms with E-state index in [1.807, 2.05) is 6.07 Å². The number of nitrogens with one attached hydrogen (secondary N) is 2. The summed E-state index contributed by atoms with van der Waals surface area (Å²) < 4.78 is 18.8. The summed E-state index contributed by atoms with van der Waals surface area (Å²) in [6.07, 6.45) is 7.59. The number of ether oxygens (including phenoxy) is 1. The molecule has 0 amide bonds. The Hall–Kier alpha value is -1.29. The van der Waals surface area contributed by atoms with Crippen LogP contribution < -0.4 is 15.4 Å². The number of hydrogen-bond acceptors (Lipinski definition) is 3. The minimum atomic E-state index is -0.297. The average Bonchev–Trinajstić information content (AvgIpc) is 3.02. The van der Waals surface area contributed by atoms with Gasteiger partial charge < -0.3 is 15.4 Å². The molecule has 0 spiro atoms. The Labute approximate surface area is 126 Å². The van der Waals surface area contributed by atoms with E-state index in [1.165, 1.54) is 45.6 Å². The van der Waals surface area contributed by atoms with Crippen molar-refractivity contribution in [2.45, 2.75) is 50.6 Å². The Balaban J connectivity index is 1.70. The summed E-state index contributed by atoms with van der Waals surface area (Å²) in [7, 11) is 1.49. The van der Waals surface area contributed by atoms with E-state index in [-0.39, 0.29) is 5.82 Å². The molecule has 2 aliphatic rings. The molecule has 2 fully saturated rings. The molecule has 1 saturated heterocycles. The smallest absolute Gasteiger partial charge is 0.167 e. The van der Waals surface area contributed by atoms with E-state index in [9.17, 15) is 4.39 Å². The largest absolute Gasteiger partial charge is 0.494 e. The van der Waals surface area contributed by atoms with Gasteiger partial charge in [0.1, 0.15) is 0 Å². The van der Waals surface area contributed by atoms with Crippen molar-refractivity contribution >= 4 is 5.69 Å². The Kier molecular flexibility index (Phi) is 4.63. The molecule has 1 aromatic carbocycles. The lowest BCUT2D eigenvalue weighted by atomic mass is 9.79. The first-order chi connectivity index (χ1) is 10.3. The highest BCUT2D eigenvalue weighted by atomic mass is 19.1. The fourth-order valence-corrected chi connectivity index (χ4v) is 3.87.